The van der Waals surface area contributed by atoms with E-state index in [9.17, 15) is 81.7 Å². The SMILES string of the molecule is Oc1ccc([C@H](c2c(O)c3c4c5c2O[C@H](c2ccc(O)cc2)[C@H]5c2cc(O)cc(O)c2[C@H](c2ccc(O)cc2)[C@@H]4[C@@H](c2ccc(O)cc2)[C@@H]3c2cc(O)cc(O)c2)C2c3cc(O)cc(O)c3[C@H](c3ccc(O)cc3)[C@H]3c4c2c(O)cc(O)c4[C@H](c2cc(O)cc(O)c2)[C@H]3c2ccc(O)cc2)cc1. The van der Waals surface area contributed by atoms with E-state index < -0.39 is 99.9 Å². The van der Waals surface area contributed by atoms with Gasteiger partial charge in [0, 0.05) is 128 Å². The van der Waals surface area contributed by atoms with E-state index in [1.54, 1.807) is 78.9 Å². The van der Waals surface area contributed by atoms with Crippen LogP contribution in [0.2, 0.25) is 0 Å². The molecule has 102 heavy (non-hydrogen) atoms. The van der Waals surface area contributed by atoms with Gasteiger partial charge in [0.2, 0.25) is 0 Å². The number of fused-ring (bicyclic) bond motifs is 3. The summed E-state index contributed by atoms with van der Waals surface area (Å²) >= 11 is 0. The number of hydrogen-bond acceptors (Lipinski definition) is 18. The van der Waals surface area contributed by atoms with Gasteiger partial charge in [-0.2, -0.15) is 0 Å². The van der Waals surface area contributed by atoms with Crippen molar-refractivity contribution in [3.63, 3.8) is 0 Å². The Morgan fingerprint density at radius 2 is 0.578 bits per heavy atom. The topological polar surface area (TPSA) is 353 Å². The Morgan fingerprint density at radius 1 is 0.235 bits per heavy atom. The molecule has 12 atom stereocenters. The second-order valence-electron chi connectivity index (χ2n) is 27.5. The van der Waals surface area contributed by atoms with Crippen molar-refractivity contribution in [3.05, 3.63) is 318 Å². The Kier molecular flexibility index (Phi) is 14.1. The van der Waals surface area contributed by atoms with Crippen LogP contribution in [0.4, 0.5) is 0 Å². The van der Waals surface area contributed by atoms with Gasteiger partial charge in [0.05, 0.1) is 5.92 Å². The van der Waals surface area contributed by atoms with Crippen LogP contribution in [-0.4, -0.2) is 86.8 Å². The molecule has 0 aromatic heterocycles. The number of benzene rings is 12. The number of hydrogen-bond donors (Lipinski definition) is 17. The van der Waals surface area contributed by atoms with E-state index in [4.69, 9.17) is 4.74 Å². The Labute approximate surface area is 581 Å². The molecule has 18 heteroatoms. The molecule has 0 amide bonds. The van der Waals surface area contributed by atoms with Crippen LogP contribution in [0.1, 0.15) is 177 Å². The van der Waals surface area contributed by atoms with Crippen molar-refractivity contribution in [3.8, 4) is 103 Å². The summed E-state index contributed by atoms with van der Waals surface area (Å²) < 4.78 is 7.75. The number of phenolic OH excluding ortho intramolecular Hbond substituents is 17. The minimum absolute atomic E-state index is 0.0172. The van der Waals surface area contributed by atoms with E-state index in [0.29, 0.717) is 55.6 Å². The normalized spacial score (nSPS) is 21.9. The summed E-state index contributed by atoms with van der Waals surface area (Å²) in [5, 5.41) is 206. The molecule has 1 aliphatic heterocycles. The molecule has 12 aromatic rings. The summed E-state index contributed by atoms with van der Waals surface area (Å²) in [6, 6.07) is 52.5. The van der Waals surface area contributed by atoms with Crippen LogP contribution in [0.3, 0.4) is 0 Å². The molecule has 0 bridgehead atoms. The first-order valence-electron chi connectivity index (χ1n) is 33.2. The average molecular weight is 1360 g/mol. The maximum Gasteiger partial charge on any atom is 0.135 e. The van der Waals surface area contributed by atoms with Gasteiger partial charge in [-0.25, -0.2) is 0 Å². The molecule has 17 N–H and O–H groups in total. The molecule has 4 aliphatic carbocycles. The van der Waals surface area contributed by atoms with E-state index in [1.165, 1.54) is 121 Å². The Balaban J connectivity index is 1.08. The van der Waals surface area contributed by atoms with Crippen molar-refractivity contribution in [2.24, 2.45) is 0 Å². The number of ether oxygens (including phenoxy) is 1. The Bertz CT molecular complexity index is 5370. The Hall–Kier alpha value is -13.0. The lowest BCUT2D eigenvalue weighted by Gasteiger charge is -2.35. The highest BCUT2D eigenvalue weighted by Gasteiger charge is 2.60. The van der Waals surface area contributed by atoms with Crippen LogP contribution >= 0.6 is 0 Å². The lowest BCUT2D eigenvalue weighted by atomic mass is 9.68. The van der Waals surface area contributed by atoms with Crippen molar-refractivity contribution in [2.75, 3.05) is 0 Å². The van der Waals surface area contributed by atoms with Gasteiger partial charge in [-0.3, -0.25) is 0 Å². The summed E-state index contributed by atoms with van der Waals surface area (Å²) in [5.41, 5.74) is 5.90. The fourth-order valence-electron chi connectivity index (χ4n) is 18.6. The minimum atomic E-state index is -1.52. The first kappa shape index (κ1) is 62.6. The summed E-state index contributed by atoms with van der Waals surface area (Å²) in [6.45, 7) is 0. The first-order valence-corrected chi connectivity index (χ1v) is 33.2. The van der Waals surface area contributed by atoms with Crippen molar-refractivity contribution in [1.82, 2.24) is 0 Å². The van der Waals surface area contributed by atoms with Crippen molar-refractivity contribution in [1.29, 1.82) is 0 Å². The van der Waals surface area contributed by atoms with Gasteiger partial charge in [0.1, 0.15) is 110 Å². The monoisotopic (exact) mass is 1360 g/mol. The molecule has 508 valence electrons. The molecular formula is C84H64O18. The van der Waals surface area contributed by atoms with Gasteiger partial charge in [-0.15, -0.1) is 0 Å². The molecule has 0 saturated heterocycles. The van der Waals surface area contributed by atoms with Crippen LogP contribution in [0.5, 0.6) is 103 Å². The summed E-state index contributed by atoms with van der Waals surface area (Å²) in [4.78, 5) is 0. The summed E-state index contributed by atoms with van der Waals surface area (Å²) in [7, 11) is 0. The Morgan fingerprint density at radius 3 is 1.03 bits per heavy atom. The van der Waals surface area contributed by atoms with Gasteiger partial charge in [-0.1, -0.05) is 72.8 Å². The zero-order valence-corrected chi connectivity index (χ0v) is 53.6. The van der Waals surface area contributed by atoms with Gasteiger partial charge >= 0.3 is 0 Å². The highest BCUT2D eigenvalue weighted by molar-refractivity contribution is 5.79. The summed E-state index contributed by atoms with van der Waals surface area (Å²) in [5.74, 6) is -17.5. The van der Waals surface area contributed by atoms with Gasteiger partial charge in [0.25, 0.3) is 0 Å². The second kappa shape index (κ2) is 23.1. The molecule has 18 nitrogen and oxygen atoms in total. The van der Waals surface area contributed by atoms with Crippen LogP contribution in [0, 0.1) is 0 Å². The molecule has 0 spiro atoms. The van der Waals surface area contributed by atoms with E-state index in [1.807, 2.05) is 0 Å². The van der Waals surface area contributed by atoms with Gasteiger partial charge in [-0.05, 0) is 176 Å². The first-order chi connectivity index (χ1) is 49.1. The molecular weight excluding hydrogens is 1300 g/mol. The quantitative estimate of drug-likeness (QED) is 0.0605. The molecule has 0 radical (unpaired) electrons. The predicted octanol–water partition coefficient (Wildman–Crippen LogP) is 15.2. The summed E-state index contributed by atoms with van der Waals surface area (Å²) in [6.07, 6.45) is -1.20. The average Bonchev–Trinajstić information content (AvgIpc) is 1.51. The molecule has 17 rings (SSSR count). The van der Waals surface area contributed by atoms with E-state index in [2.05, 4.69) is 0 Å². The third kappa shape index (κ3) is 9.60. The van der Waals surface area contributed by atoms with Crippen molar-refractivity contribution in [2.45, 2.75) is 71.2 Å². The third-order valence-electron chi connectivity index (χ3n) is 22.0. The maximum absolute atomic E-state index is 15.1. The second-order valence-corrected chi connectivity index (χ2v) is 27.5. The largest absolute Gasteiger partial charge is 0.508 e. The highest BCUT2D eigenvalue weighted by Crippen LogP contribution is 2.75. The molecule has 1 heterocycles. The third-order valence-corrected chi connectivity index (χ3v) is 22.0. The van der Waals surface area contributed by atoms with Gasteiger partial charge in [0.15, 0.2) is 0 Å². The molecule has 1 unspecified atom stereocenters. The standard InChI is InChI=1S/C84H64O18/c85-44-13-1-36(2-14-44)62-67(42-25-50(91)29-51(92)26-42)73-60(99)35-61(100)74-71(56-31-54(95)33-58(97)69(56)64(75(62)77(73)74)38-5-17-46(87)18-6-38)66(40-9-21-48(89)22-10-40)81-82(101)79-68(43-27-52(93)30-53(94)28-43)63(37-3-15-45(86)16-4-37)76-65(39-7-19-47(88)20-8-39)70-57(32-55(96)34-59(70)98)72-80(78(76)79)84(81)102-83(72)41-11-23-49(90)24-12-41/h1-35,62-68,71-72,75-76,83,85-101H/t62-,63+,64+,65+,66+,67-,68+,71?,72+,75+,76+,83-/m1/s1. The van der Waals surface area contributed by atoms with E-state index in [-0.39, 0.29) is 125 Å². The van der Waals surface area contributed by atoms with Crippen LogP contribution in [-0.2, 0) is 0 Å². The maximum atomic E-state index is 15.1. The smallest absolute Gasteiger partial charge is 0.135 e. The zero-order chi connectivity index (χ0) is 70.7. The van der Waals surface area contributed by atoms with E-state index in [0.717, 1.165) is 12.1 Å². The lowest BCUT2D eigenvalue weighted by Crippen LogP contribution is -2.20. The molecule has 5 aliphatic rings. The minimum Gasteiger partial charge on any atom is -0.508 e. The number of phenols is 17. The number of rotatable bonds is 10. The molecule has 0 fully saturated rings. The molecule has 12 aromatic carbocycles. The predicted molar refractivity (Wildman–Crippen MR) is 373 cm³/mol. The number of aromatic hydroxyl groups is 17. The van der Waals surface area contributed by atoms with Crippen molar-refractivity contribution >= 4 is 0 Å². The van der Waals surface area contributed by atoms with Crippen LogP contribution < -0.4 is 4.74 Å². The fraction of sp³-hybridized carbons (Fsp3) is 0.143. The van der Waals surface area contributed by atoms with E-state index >= 15 is 5.11 Å². The van der Waals surface area contributed by atoms with Gasteiger partial charge < -0.3 is 91.5 Å². The fourth-order valence-corrected chi connectivity index (χ4v) is 18.6. The molecule has 0 saturated carbocycles. The van der Waals surface area contributed by atoms with Crippen molar-refractivity contribution < 1.29 is 91.5 Å². The lowest BCUT2D eigenvalue weighted by molar-refractivity contribution is 0.218. The zero-order valence-electron chi connectivity index (χ0n) is 53.6. The van der Waals surface area contributed by atoms with Crippen LogP contribution in [0.15, 0.2) is 212 Å². The highest BCUT2D eigenvalue weighted by atomic mass is 16.5. The van der Waals surface area contributed by atoms with Crippen LogP contribution in [0.25, 0.3) is 0 Å².